The minimum absolute atomic E-state index is 0. The number of carbonyl (C=O) groups excluding carboxylic acids is 1. The molecule has 0 aliphatic carbocycles. The van der Waals surface area contributed by atoms with E-state index in [1.54, 1.807) is 18.5 Å². The second-order valence-corrected chi connectivity index (χ2v) is 1.59. The molecule has 0 atom stereocenters. The van der Waals surface area contributed by atoms with Crippen molar-refractivity contribution >= 4 is 12.1 Å². The predicted molar refractivity (Wildman–Crippen MR) is 42.2 cm³/mol. The standard InChI is InChI=1S/C7H6NO.CH3.W/c9-6-8-7-4-2-1-3-5-7;;/h1-5H,(H,8,9);1H3;/q2*-1;+2. The van der Waals surface area contributed by atoms with Crippen LogP contribution in [0.25, 0.3) is 0 Å². The topological polar surface area (TPSA) is 29.1 Å². The fraction of sp³-hybridized carbons (Fsp3) is 0. The Morgan fingerprint density at radius 3 is 2.18 bits per heavy atom. The zero-order valence-electron chi connectivity index (χ0n) is 6.20. The molecule has 3 heteroatoms. The minimum atomic E-state index is 0. The number of hydrogen-bond acceptors (Lipinski definition) is 1. The maximum atomic E-state index is 9.74. The minimum Gasteiger partial charge on any atom is -0.490 e. The van der Waals surface area contributed by atoms with Crippen LogP contribution in [0.5, 0.6) is 0 Å². The molecule has 1 N–H and O–H groups in total. The Kier molecular flexibility index (Phi) is 8.85. The maximum absolute atomic E-state index is 9.74. The summed E-state index contributed by atoms with van der Waals surface area (Å²) in [4.78, 5) is 9.74. The Hall–Kier alpha value is -0.622. The average Bonchev–Trinajstić information content (AvgIpc) is 1.91. The number of hydrogen-bond donors (Lipinski definition) is 1. The van der Waals surface area contributed by atoms with Crippen LogP contribution < -0.4 is 5.32 Å². The summed E-state index contributed by atoms with van der Waals surface area (Å²) >= 11 is 0. The van der Waals surface area contributed by atoms with Crippen molar-refractivity contribution < 1.29 is 25.9 Å². The molecular formula is C8H9NOW. The van der Waals surface area contributed by atoms with E-state index in [0.717, 1.165) is 5.69 Å². The van der Waals surface area contributed by atoms with E-state index in [1.165, 1.54) is 0 Å². The van der Waals surface area contributed by atoms with Gasteiger partial charge in [-0.3, -0.25) is 0 Å². The molecular weight excluding hydrogens is 310 g/mol. The quantitative estimate of drug-likeness (QED) is 0.651. The first-order chi connectivity index (χ1) is 4.43. The summed E-state index contributed by atoms with van der Waals surface area (Å²) in [7, 11) is 0. The monoisotopic (exact) mass is 319 g/mol. The summed E-state index contributed by atoms with van der Waals surface area (Å²) in [5.74, 6) is 0. The zero-order valence-corrected chi connectivity index (χ0v) is 9.14. The number of nitrogens with one attached hydrogen (secondary N) is 1. The first-order valence-electron chi connectivity index (χ1n) is 2.61. The third kappa shape index (κ3) is 4.74. The fourth-order valence-electron chi connectivity index (χ4n) is 0.580. The van der Waals surface area contributed by atoms with E-state index in [1.807, 2.05) is 18.2 Å². The molecule has 0 aromatic heterocycles. The molecule has 0 heterocycles. The molecule has 1 rings (SSSR count). The molecule has 0 fully saturated rings. The molecule has 0 aliphatic heterocycles. The smallest absolute Gasteiger partial charge is 0.490 e. The second-order valence-electron chi connectivity index (χ2n) is 1.59. The van der Waals surface area contributed by atoms with E-state index >= 15 is 0 Å². The molecule has 1 aromatic rings. The van der Waals surface area contributed by atoms with E-state index in [9.17, 15) is 4.79 Å². The van der Waals surface area contributed by atoms with E-state index < -0.39 is 0 Å². The molecule has 11 heavy (non-hydrogen) atoms. The van der Waals surface area contributed by atoms with Crippen molar-refractivity contribution in [2.24, 2.45) is 0 Å². The Labute approximate surface area is 81.3 Å². The number of para-hydroxylation sites is 1. The van der Waals surface area contributed by atoms with Crippen LogP contribution in [0.15, 0.2) is 30.3 Å². The normalized spacial score (nSPS) is 6.91. The van der Waals surface area contributed by atoms with Crippen molar-refractivity contribution in [2.45, 2.75) is 0 Å². The van der Waals surface area contributed by atoms with Crippen LogP contribution in [0.4, 0.5) is 5.69 Å². The van der Waals surface area contributed by atoms with Gasteiger partial charge < -0.3 is 17.5 Å². The summed E-state index contributed by atoms with van der Waals surface area (Å²) in [6, 6.07) is 9.17. The number of rotatable bonds is 2. The van der Waals surface area contributed by atoms with Gasteiger partial charge in [-0.25, -0.2) is 0 Å². The molecule has 0 spiro atoms. The Morgan fingerprint density at radius 1 is 1.18 bits per heavy atom. The van der Waals surface area contributed by atoms with Crippen LogP contribution in [0, 0.1) is 7.43 Å². The van der Waals surface area contributed by atoms with Gasteiger partial charge in [0, 0.05) is 0 Å². The number of benzene rings is 1. The Bertz CT molecular complexity index is 189. The molecule has 0 unspecified atom stereocenters. The van der Waals surface area contributed by atoms with Gasteiger partial charge in [-0.15, -0.1) is 17.8 Å². The van der Waals surface area contributed by atoms with Crippen molar-refractivity contribution in [1.82, 2.24) is 0 Å². The molecule has 2 nitrogen and oxygen atoms in total. The van der Waals surface area contributed by atoms with Gasteiger partial charge >= 0.3 is 21.1 Å². The third-order valence-electron chi connectivity index (χ3n) is 0.969. The number of amides is 1. The van der Waals surface area contributed by atoms with Gasteiger partial charge in [0.25, 0.3) is 0 Å². The van der Waals surface area contributed by atoms with E-state index in [0.29, 0.717) is 0 Å². The van der Waals surface area contributed by atoms with E-state index in [2.05, 4.69) is 5.32 Å². The van der Waals surface area contributed by atoms with E-state index in [-0.39, 0.29) is 28.5 Å². The van der Waals surface area contributed by atoms with Gasteiger partial charge in [-0.1, -0.05) is 18.2 Å². The van der Waals surface area contributed by atoms with Crippen LogP contribution in [0.1, 0.15) is 0 Å². The molecule has 1 aromatic carbocycles. The van der Waals surface area contributed by atoms with Crippen LogP contribution >= 0.6 is 0 Å². The van der Waals surface area contributed by atoms with Crippen molar-refractivity contribution in [3.63, 3.8) is 0 Å². The van der Waals surface area contributed by atoms with Gasteiger partial charge in [0.05, 0.1) is 6.41 Å². The molecule has 0 saturated heterocycles. The molecule has 0 aliphatic rings. The first-order valence-corrected chi connectivity index (χ1v) is 2.61. The van der Waals surface area contributed by atoms with Crippen LogP contribution in [0.3, 0.4) is 0 Å². The predicted octanol–water partition coefficient (Wildman–Crippen LogP) is 1.61. The second kappa shape index (κ2) is 7.48. The van der Waals surface area contributed by atoms with Gasteiger partial charge in [-0.05, 0) is 0 Å². The largest absolute Gasteiger partial charge is 2.00 e. The SMILES string of the molecule is O=[C-]Nc1ccccc1.[CH3-].[W+2]. The van der Waals surface area contributed by atoms with Gasteiger partial charge in [0.1, 0.15) is 0 Å². The van der Waals surface area contributed by atoms with E-state index in [4.69, 9.17) is 0 Å². The molecule has 1 amide bonds. The van der Waals surface area contributed by atoms with Crippen molar-refractivity contribution in [1.29, 1.82) is 0 Å². The molecule has 58 valence electrons. The average molecular weight is 319 g/mol. The Balaban J connectivity index is 0. The summed E-state index contributed by atoms with van der Waals surface area (Å²) in [5, 5.41) is 2.40. The Morgan fingerprint density at radius 2 is 1.73 bits per heavy atom. The summed E-state index contributed by atoms with van der Waals surface area (Å²) in [6.45, 7) is 0. The van der Waals surface area contributed by atoms with Gasteiger partial charge in [0.15, 0.2) is 0 Å². The van der Waals surface area contributed by atoms with Crippen LogP contribution in [-0.4, -0.2) is 6.41 Å². The summed E-state index contributed by atoms with van der Waals surface area (Å²) < 4.78 is 0. The third-order valence-corrected chi connectivity index (χ3v) is 0.969. The van der Waals surface area contributed by atoms with Gasteiger partial charge in [-0.2, -0.15) is 0 Å². The number of anilines is 1. The van der Waals surface area contributed by atoms with Gasteiger partial charge in [0.2, 0.25) is 0 Å². The van der Waals surface area contributed by atoms with Crippen LogP contribution in [0.2, 0.25) is 0 Å². The molecule has 0 bridgehead atoms. The summed E-state index contributed by atoms with van der Waals surface area (Å²) in [5.41, 5.74) is 0.771. The maximum Gasteiger partial charge on any atom is 2.00 e. The summed E-state index contributed by atoms with van der Waals surface area (Å²) in [6.07, 6.45) is 1.58. The first kappa shape index (κ1) is 13.0. The zero-order chi connectivity index (χ0) is 6.53. The van der Waals surface area contributed by atoms with Crippen molar-refractivity contribution in [3.05, 3.63) is 37.8 Å². The van der Waals surface area contributed by atoms with Crippen molar-refractivity contribution in [3.8, 4) is 0 Å². The van der Waals surface area contributed by atoms with Crippen LogP contribution in [-0.2, 0) is 25.9 Å². The molecule has 0 radical (unpaired) electrons. The fourth-order valence-corrected chi connectivity index (χ4v) is 0.580. The van der Waals surface area contributed by atoms with Crippen molar-refractivity contribution in [2.75, 3.05) is 5.32 Å². The molecule has 0 saturated carbocycles.